The Balaban J connectivity index is 1.95. The Morgan fingerprint density at radius 2 is 1.23 bits per heavy atom. The first-order valence-electron chi connectivity index (χ1n) is 9.51. The average Bonchev–Trinajstić information content (AvgIpc) is 2.74. The van der Waals surface area contributed by atoms with E-state index >= 15 is 0 Å². The van der Waals surface area contributed by atoms with Crippen LogP contribution >= 0.6 is 0 Å². The third-order valence-corrected chi connectivity index (χ3v) is 4.79. The fourth-order valence-corrected chi connectivity index (χ4v) is 3.11. The van der Waals surface area contributed by atoms with Gasteiger partial charge in [0.1, 0.15) is 17.5 Å². The van der Waals surface area contributed by atoms with Crippen LogP contribution in [0.5, 0.6) is 0 Å². The van der Waals surface area contributed by atoms with E-state index in [1.54, 1.807) is 0 Å². The van der Waals surface area contributed by atoms with Crippen LogP contribution in [-0.2, 0) is 0 Å². The third-order valence-electron chi connectivity index (χ3n) is 4.79. The minimum atomic E-state index is -1.67. The van der Waals surface area contributed by atoms with Crippen molar-refractivity contribution in [1.82, 2.24) is 0 Å². The Labute approximate surface area is 174 Å². The first kappa shape index (κ1) is 22.6. The van der Waals surface area contributed by atoms with E-state index < -0.39 is 40.7 Å². The summed E-state index contributed by atoms with van der Waals surface area (Å²) in [6.45, 7) is 1.83. The standard InChI is InChI=1S/C24H17F7/c1-2-3-4-18(25)23(30)14-6-8-16(20(27)10-14)13-5-7-17(19(26)9-13)15-11-21(28)24(31)22(29)12-15/h5-12H,2-4H2,1H3. The molecule has 0 aromatic heterocycles. The lowest BCUT2D eigenvalue weighted by Crippen LogP contribution is -1.94. The van der Waals surface area contributed by atoms with E-state index in [-0.39, 0.29) is 34.2 Å². The summed E-state index contributed by atoms with van der Waals surface area (Å²) in [5.74, 6) is -8.56. The van der Waals surface area contributed by atoms with Crippen molar-refractivity contribution in [1.29, 1.82) is 0 Å². The Hall–Kier alpha value is -3.09. The lowest BCUT2D eigenvalue weighted by molar-refractivity contribution is 0.447. The quantitative estimate of drug-likeness (QED) is 0.267. The van der Waals surface area contributed by atoms with Crippen LogP contribution in [0.3, 0.4) is 0 Å². The first-order valence-corrected chi connectivity index (χ1v) is 9.51. The van der Waals surface area contributed by atoms with Gasteiger partial charge in [0.25, 0.3) is 0 Å². The number of allylic oxidation sites excluding steroid dienone is 1. The molecular formula is C24H17F7. The number of unbranched alkanes of at least 4 members (excludes halogenated alkanes) is 1. The molecule has 0 heterocycles. The molecule has 0 amide bonds. The summed E-state index contributed by atoms with van der Waals surface area (Å²) in [4.78, 5) is 0. The van der Waals surface area contributed by atoms with Crippen LogP contribution in [0, 0.1) is 29.1 Å². The topological polar surface area (TPSA) is 0 Å². The van der Waals surface area contributed by atoms with E-state index in [2.05, 4.69) is 0 Å². The molecule has 3 rings (SSSR count). The monoisotopic (exact) mass is 438 g/mol. The number of halogens is 7. The number of rotatable bonds is 6. The molecule has 0 nitrogen and oxygen atoms in total. The summed E-state index contributed by atoms with van der Waals surface area (Å²) < 4.78 is 97.1. The zero-order chi connectivity index (χ0) is 22.7. The Bertz CT molecular complexity index is 1130. The third kappa shape index (κ3) is 4.81. The smallest absolute Gasteiger partial charge is 0.194 e. The molecule has 7 heteroatoms. The highest BCUT2D eigenvalue weighted by molar-refractivity contribution is 5.73. The van der Waals surface area contributed by atoms with Crippen LogP contribution in [0.4, 0.5) is 30.7 Å². The van der Waals surface area contributed by atoms with Gasteiger partial charge in [-0.2, -0.15) is 0 Å². The highest BCUT2D eigenvalue weighted by Gasteiger charge is 2.17. The van der Waals surface area contributed by atoms with Crippen LogP contribution in [0.15, 0.2) is 54.4 Å². The fraction of sp³-hybridized carbons (Fsp3) is 0.167. The molecular weight excluding hydrogens is 421 g/mol. The molecule has 162 valence electrons. The molecule has 0 saturated carbocycles. The molecule has 0 saturated heterocycles. The zero-order valence-electron chi connectivity index (χ0n) is 16.4. The maximum atomic E-state index is 14.6. The Morgan fingerprint density at radius 1 is 0.677 bits per heavy atom. The van der Waals surface area contributed by atoms with Crippen LogP contribution in [0.1, 0.15) is 31.7 Å². The van der Waals surface area contributed by atoms with Gasteiger partial charge in [0.2, 0.25) is 0 Å². The summed E-state index contributed by atoms with van der Waals surface area (Å²) in [6, 6.07) is 7.85. The summed E-state index contributed by atoms with van der Waals surface area (Å²) in [5, 5.41) is 0. The van der Waals surface area contributed by atoms with Gasteiger partial charge in [0.15, 0.2) is 23.3 Å². The van der Waals surface area contributed by atoms with Gasteiger partial charge >= 0.3 is 0 Å². The van der Waals surface area contributed by atoms with Gasteiger partial charge in [0, 0.05) is 23.1 Å². The van der Waals surface area contributed by atoms with Gasteiger partial charge in [-0.3, -0.25) is 0 Å². The first-order chi connectivity index (χ1) is 14.7. The molecule has 0 aliphatic rings. The second kappa shape index (κ2) is 9.37. The molecule has 0 aliphatic heterocycles. The van der Waals surface area contributed by atoms with Gasteiger partial charge in [0.05, 0.1) is 0 Å². The molecule has 0 atom stereocenters. The molecule has 0 aliphatic carbocycles. The Morgan fingerprint density at radius 3 is 1.81 bits per heavy atom. The van der Waals surface area contributed by atoms with Gasteiger partial charge in [-0.1, -0.05) is 37.6 Å². The van der Waals surface area contributed by atoms with E-state index in [0.29, 0.717) is 25.0 Å². The van der Waals surface area contributed by atoms with Crippen molar-refractivity contribution < 1.29 is 30.7 Å². The van der Waals surface area contributed by atoms with E-state index in [0.717, 1.165) is 18.2 Å². The van der Waals surface area contributed by atoms with Crippen LogP contribution in [0.25, 0.3) is 28.1 Å². The summed E-state index contributed by atoms with van der Waals surface area (Å²) in [5.41, 5.74) is -0.725. The molecule has 0 unspecified atom stereocenters. The minimum absolute atomic E-state index is 0.0733. The SMILES string of the molecule is CCCCC(F)=C(F)c1ccc(-c2ccc(-c3cc(F)c(F)c(F)c3)c(F)c2)c(F)c1. The largest absolute Gasteiger partial charge is 0.209 e. The second-order valence-corrected chi connectivity index (χ2v) is 6.97. The molecule has 31 heavy (non-hydrogen) atoms. The average molecular weight is 438 g/mol. The van der Waals surface area contributed by atoms with E-state index in [1.807, 2.05) is 6.92 Å². The van der Waals surface area contributed by atoms with Crippen molar-refractivity contribution in [3.63, 3.8) is 0 Å². The van der Waals surface area contributed by atoms with Crippen molar-refractivity contribution in [2.45, 2.75) is 26.2 Å². The number of hydrogen-bond donors (Lipinski definition) is 0. The minimum Gasteiger partial charge on any atom is -0.209 e. The summed E-state index contributed by atoms with van der Waals surface area (Å²) in [6.07, 6.45) is 1.03. The highest BCUT2D eigenvalue weighted by atomic mass is 19.2. The van der Waals surface area contributed by atoms with Crippen molar-refractivity contribution in [2.24, 2.45) is 0 Å². The molecule has 3 aromatic rings. The van der Waals surface area contributed by atoms with Gasteiger partial charge < -0.3 is 0 Å². The normalized spacial score (nSPS) is 12.1. The molecule has 0 N–H and O–H groups in total. The van der Waals surface area contributed by atoms with Crippen LogP contribution in [0.2, 0.25) is 0 Å². The van der Waals surface area contributed by atoms with Gasteiger partial charge in [-0.25, -0.2) is 30.7 Å². The lowest BCUT2D eigenvalue weighted by atomic mass is 9.98. The van der Waals surface area contributed by atoms with Gasteiger partial charge in [-0.05, 0) is 41.8 Å². The second-order valence-electron chi connectivity index (χ2n) is 6.97. The zero-order valence-corrected chi connectivity index (χ0v) is 16.4. The molecule has 0 fully saturated rings. The lowest BCUT2D eigenvalue weighted by Gasteiger charge is -2.10. The predicted octanol–water partition coefficient (Wildman–Crippen LogP) is 8.51. The summed E-state index contributed by atoms with van der Waals surface area (Å²) in [7, 11) is 0. The molecule has 3 aromatic carbocycles. The molecule has 0 spiro atoms. The predicted molar refractivity (Wildman–Crippen MR) is 106 cm³/mol. The van der Waals surface area contributed by atoms with E-state index in [9.17, 15) is 30.7 Å². The van der Waals surface area contributed by atoms with E-state index in [1.165, 1.54) is 18.2 Å². The number of hydrogen-bond acceptors (Lipinski definition) is 0. The van der Waals surface area contributed by atoms with Crippen LogP contribution in [-0.4, -0.2) is 0 Å². The Kier molecular flexibility index (Phi) is 6.83. The highest BCUT2D eigenvalue weighted by Crippen LogP contribution is 2.33. The summed E-state index contributed by atoms with van der Waals surface area (Å²) >= 11 is 0. The number of benzene rings is 3. The van der Waals surface area contributed by atoms with Crippen molar-refractivity contribution in [2.75, 3.05) is 0 Å². The molecule has 0 bridgehead atoms. The maximum absolute atomic E-state index is 14.6. The van der Waals surface area contributed by atoms with Crippen LogP contribution < -0.4 is 0 Å². The molecule has 0 radical (unpaired) electrons. The van der Waals surface area contributed by atoms with E-state index in [4.69, 9.17) is 0 Å². The maximum Gasteiger partial charge on any atom is 0.194 e. The van der Waals surface area contributed by atoms with Crippen molar-refractivity contribution >= 4 is 5.83 Å². The van der Waals surface area contributed by atoms with Gasteiger partial charge in [-0.15, -0.1) is 0 Å². The van der Waals surface area contributed by atoms with Crippen molar-refractivity contribution in [3.8, 4) is 22.3 Å². The van der Waals surface area contributed by atoms with Crippen molar-refractivity contribution in [3.05, 3.63) is 89.0 Å². The fourth-order valence-electron chi connectivity index (χ4n) is 3.11.